The minimum atomic E-state index is -0.495. The summed E-state index contributed by atoms with van der Waals surface area (Å²) >= 11 is 0. The van der Waals surface area contributed by atoms with Gasteiger partial charge in [0, 0.05) is 45.6 Å². The quantitative estimate of drug-likeness (QED) is 0.363. The van der Waals surface area contributed by atoms with Crippen molar-refractivity contribution < 1.29 is 9.53 Å². The first-order valence-corrected chi connectivity index (χ1v) is 10.8. The molecule has 0 saturated carbocycles. The SMILES string of the molecule is CCNC(=NCc1ccc(CN(C)C(=O)OC(C)(C)C)cc1)NCCCn1cccn1. The molecule has 0 unspecified atom stereocenters. The van der Waals surface area contributed by atoms with Crippen LogP contribution < -0.4 is 10.6 Å². The molecule has 8 nitrogen and oxygen atoms in total. The van der Waals surface area contributed by atoms with E-state index in [1.54, 1.807) is 18.1 Å². The minimum absolute atomic E-state index is 0.324. The first-order valence-electron chi connectivity index (χ1n) is 10.8. The molecule has 0 fully saturated rings. The fraction of sp³-hybridized carbons (Fsp3) is 0.522. The molecule has 1 heterocycles. The molecule has 0 aliphatic rings. The lowest BCUT2D eigenvalue weighted by Crippen LogP contribution is -2.38. The van der Waals surface area contributed by atoms with Crippen molar-refractivity contribution in [3.8, 4) is 0 Å². The van der Waals surface area contributed by atoms with Crippen molar-refractivity contribution >= 4 is 12.1 Å². The maximum Gasteiger partial charge on any atom is 0.410 e. The highest BCUT2D eigenvalue weighted by Crippen LogP contribution is 2.12. The van der Waals surface area contributed by atoms with Gasteiger partial charge in [-0.15, -0.1) is 0 Å². The van der Waals surface area contributed by atoms with Crippen LogP contribution in [0.3, 0.4) is 0 Å². The van der Waals surface area contributed by atoms with Crippen LogP contribution >= 0.6 is 0 Å². The van der Waals surface area contributed by atoms with Gasteiger partial charge < -0.3 is 20.3 Å². The van der Waals surface area contributed by atoms with Gasteiger partial charge in [0.05, 0.1) is 6.54 Å². The highest BCUT2D eigenvalue weighted by Gasteiger charge is 2.19. The molecule has 1 aromatic carbocycles. The summed E-state index contributed by atoms with van der Waals surface area (Å²) in [6, 6.07) is 10.1. The number of benzene rings is 1. The van der Waals surface area contributed by atoms with Crippen molar-refractivity contribution in [3.63, 3.8) is 0 Å². The zero-order valence-corrected chi connectivity index (χ0v) is 19.4. The molecule has 0 saturated heterocycles. The summed E-state index contributed by atoms with van der Waals surface area (Å²) in [5.74, 6) is 0.803. The Morgan fingerprint density at radius 1 is 1.19 bits per heavy atom. The maximum atomic E-state index is 12.1. The Labute approximate surface area is 185 Å². The highest BCUT2D eigenvalue weighted by atomic mass is 16.6. The molecular formula is C23H36N6O2. The van der Waals surface area contributed by atoms with Crippen molar-refractivity contribution in [3.05, 3.63) is 53.9 Å². The van der Waals surface area contributed by atoms with Gasteiger partial charge in [-0.25, -0.2) is 9.79 Å². The summed E-state index contributed by atoms with van der Waals surface area (Å²) in [7, 11) is 1.74. The molecule has 1 amide bonds. The number of aliphatic imine (C=N–C) groups is 1. The average molecular weight is 429 g/mol. The van der Waals surface area contributed by atoms with Crippen LogP contribution in [-0.2, 0) is 24.4 Å². The topological polar surface area (TPSA) is 83.8 Å². The van der Waals surface area contributed by atoms with Gasteiger partial charge in [-0.2, -0.15) is 5.10 Å². The van der Waals surface area contributed by atoms with E-state index >= 15 is 0 Å². The van der Waals surface area contributed by atoms with Crippen LogP contribution in [-0.4, -0.2) is 52.5 Å². The van der Waals surface area contributed by atoms with Gasteiger partial charge in [0.25, 0.3) is 0 Å². The van der Waals surface area contributed by atoms with E-state index in [1.165, 1.54) is 0 Å². The minimum Gasteiger partial charge on any atom is -0.444 e. The first-order chi connectivity index (χ1) is 14.8. The fourth-order valence-corrected chi connectivity index (χ4v) is 2.82. The van der Waals surface area contributed by atoms with Crippen molar-refractivity contribution in [2.45, 2.75) is 59.4 Å². The second-order valence-electron chi connectivity index (χ2n) is 8.40. The molecule has 170 valence electrons. The zero-order chi connectivity index (χ0) is 22.7. The molecule has 0 aliphatic carbocycles. The Morgan fingerprint density at radius 2 is 1.90 bits per heavy atom. The van der Waals surface area contributed by atoms with E-state index in [9.17, 15) is 4.79 Å². The third-order valence-corrected chi connectivity index (χ3v) is 4.33. The smallest absolute Gasteiger partial charge is 0.410 e. The number of hydrogen-bond acceptors (Lipinski definition) is 4. The monoisotopic (exact) mass is 428 g/mol. The van der Waals surface area contributed by atoms with Crippen molar-refractivity contribution in [1.82, 2.24) is 25.3 Å². The van der Waals surface area contributed by atoms with Crippen molar-refractivity contribution in [2.24, 2.45) is 4.99 Å². The summed E-state index contributed by atoms with van der Waals surface area (Å²) in [6.07, 6.45) is 4.40. The van der Waals surface area contributed by atoms with E-state index in [0.29, 0.717) is 13.1 Å². The molecule has 0 radical (unpaired) electrons. The standard InChI is InChI=1S/C23H36N6O2/c1-6-24-21(25-13-7-15-29-16-8-14-27-29)26-17-19-9-11-20(12-10-19)18-28(5)22(30)31-23(2,3)4/h8-12,14,16H,6-7,13,15,17-18H2,1-5H3,(H2,24,25,26). The van der Waals surface area contributed by atoms with Crippen molar-refractivity contribution in [2.75, 3.05) is 20.1 Å². The Morgan fingerprint density at radius 3 is 2.52 bits per heavy atom. The average Bonchev–Trinajstić information content (AvgIpc) is 3.22. The van der Waals surface area contributed by atoms with Gasteiger partial charge >= 0.3 is 6.09 Å². The third kappa shape index (κ3) is 9.55. The lowest BCUT2D eigenvalue weighted by Gasteiger charge is -2.24. The number of carbonyl (C=O) groups is 1. The molecule has 0 spiro atoms. The molecule has 8 heteroatoms. The number of amides is 1. The summed E-state index contributed by atoms with van der Waals surface area (Å²) < 4.78 is 7.32. The Hall–Kier alpha value is -3.03. The lowest BCUT2D eigenvalue weighted by atomic mass is 10.1. The van der Waals surface area contributed by atoms with Crippen molar-refractivity contribution in [1.29, 1.82) is 0 Å². The number of aromatic nitrogens is 2. The van der Waals surface area contributed by atoms with E-state index in [1.807, 2.05) is 62.0 Å². The number of rotatable bonds is 9. The number of carbonyl (C=O) groups excluding carboxylic acids is 1. The van der Waals surface area contributed by atoms with Crippen LogP contribution in [0.25, 0.3) is 0 Å². The summed E-state index contributed by atoms with van der Waals surface area (Å²) in [5.41, 5.74) is 1.66. The normalized spacial score (nSPS) is 11.8. The van der Waals surface area contributed by atoms with E-state index < -0.39 is 5.60 Å². The van der Waals surface area contributed by atoms with Crippen LogP contribution in [0.1, 0.15) is 45.2 Å². The zero-order valence-electron chi connectivity index (χ0n) is 19.4. The lowest BCUT2D eigenvalue weighted by molar-refractivity contribution is 0.0285. The second-order valence-corrected chi connectivity index (χ2v) is 8.40. The van der Waals surface area contributed by atoms with Gasteiger partial charge in [-0.05, 0) is 51.3 Å². The van der Waals surface area contributed by atoms with Crippen LogP contribution in [0.5, 0.6) is 0 Å². The number of hydrogen-bond donors (Lipinski definition) is 2. The summed E-state index contributed by atoms with van der Waals surface area (Å²) in [4.78, 5) is 18.4. The molecule has 0 aliphatic heterocycles. The predicted octanol–water partition coefficient (Wildman–Crippen LogP) is 3.40. The number of nitrogens with one attached hydrogen (secondary N) is 2. The molecule has 0 atom stereocenters. The fourth-order valence-electron chi connectivity index (χ4n) is 2.82. The molecule has 2 rings (SSSR count). The van der Waals surface area contributed by atoms with Gasteiger partial charge in [-0.1, -0.05) is 24.3 Å². The molecule has 1 aromatic heterocycles. The van der Waals surface area contributed by atoms with Crippen LogP contribution in [0.15, 0.2) is 47.7 Å². The van der Waals surface area contributed by atoms with Gasteiger partial charge in [0.1, 0.15) is 5.60 Å². The second kappa shape index (κ2) is 12.0. The Kier molecular flexibility index (Phi) is 9.37. The summed E-state index contributed by atoms with van der Waals surface area (Å²) in [6.45, 7) is 11.2. The molecule has 2 aromatic rings. The maximum absolute atomic E-state index is 12.1. The van der Waals surface area contributed by atoms with E-state index in [0.717, 1.165) is 43.1 Å². The first kappa shape index (κ1) is 24.2. The molecule has 2 N–H and O–H groups in total. The largest absolute Gasteiger partial charge is 0.444 e. The summed E-state index contributed by atoms with van der Waals surface area (Å²) in [5, 5.41) is 10.8. The van der Waals surface area contributed by atoms with Gasteiger partial charge in [0.2, 0.25) is 0 Å². The number of guanidine groups is 1. The van der Waals surface area contributed by atoms with Crippen LogP contribution in [0, 0.1) is 0 Å². The van der Waals surface area contributed by atoms with E-state index in [2.05, 4.69) is 27.6 Å². The number of nitrogens with zero attached hydrogens (tertiary/aromatic N) is 4. The Bertz CT molecular complexity index is 810. The highest BCUT2D eigenvalue weighted by molar-refractivity contribution is 5.79. The molecular weight excluding hydrogens is 392 g/mol. The van der Waals surface area contributed by atoms with Crippen LogP contribution in [0.4, 0.5) is 4.79 Å². The molecule has 0 bridgehead atoms. The number of aryl methyl sites for hydroxylation is 1. The number of ether oxygens (including phenoxy) is 1. The molecule has 31 heavy (non-hydrogen) atoms. The third-order valence-electron chi connectivity index (χ3n) is 4.33. The Balaban J connectivity index is 1.81. The predicted molar refractivity (Wildman–Crippen MR) is 124 cm³/mol. The van der Waals surface area contributed by atoms with E-state index in [4.69, 9.17) is 4.74 Å². The van der Waals surface area contributed by atoms with Crippen LogP contribution in [0.2, 0.25) is 0 Å². The van der Waals surface area contributed by atoms with E-state index in [-0.39, 0.29) is 6.09 Å². The van der Waals surface area contributed by atoms with Gasteiger partial charge in [-0.3, -0.25) is 4.68 Å². The van der Waals surface area contributed by atoms with Gasteiger partial charge in [0.15, 0.2) is 5.96 Å².